The van der Waals surface area contributed by atoms with E-state index in [9.17, 15) is 0 Å². The van der Waals surface area contributed by atoms with Crippen molar-refractivity contribution in [1.29, 1.82) is 0 Å². The van der Waals surface area contributed by atoms with Crippen molar-refractivity contribution in [3.8, 4) is 6.01 Å². The summed E-state index contributed by atoms with van der Waals surface area (Å²) in [6.45, 7) is 10.9. The number of benzene rings is 1. The first kappa shape index (κ1) is 30.3. The number of aromatic nitrogens is 2. The van der Waals surface area contributed by atoms with Crippen molar-refractivity contribution in [2.24, 2.45) is 5.41 Å². The van der Waals surface area contributed by atoms with Gasteiger partial charge in [0, 0.05) is 30.1 Å². The maximum Gasteiger partial charge on any atom is 0.318 e. The van der Waals surface area contributed by atoms with Gasteiger partial charge in [-0.3, -0.25) is 0 Å². The molecule has 36 heavy (non-hydrogen) atoms. The zero-order valence-corrected chi connectivity index (χ0v) is 24.3. The summed E-state index contributed by atoms with van der Waals surface area (Å²) in [5.41, 5.74) is 2.84. The quantitative estimate of drug-likeness (QED) is 0.222. The van der Waals surface area contributed by atoms with Crippen molar-refractivity contribution in [1.82, 2.24) is 9.97 Å². The molecule has 0 saturated heterocycles. The Labute approximate surface area is 224 Å². The van der Waals surface area contributed by atoms with E-state index in [1.54, 1.807) is 0 Å². The Morgan fingerprint density at radius 3 is 2.31 bits per heavy atom. The molecule has 1 aromatic heterocycles. The van der Waals surface area contributed by atoms with Crippen LogP contribution in [0, 0.1) is 5.41 Å². The molecule has 0 aliphatic carbocycles. The first-order valence-corrected chi connectivity index (χ1v) is 14.2. The number of nitrogens with zero attached hydrogens (tertiary/aromatic N) is 3. The minimum Gasteiger partial charge on any atom is -0.463 e. The molecule has 0 saturated carbocycles. The van der Waals surface area contributed by atoms with Gasteiger partial charge in [0.2, 0.25) is 0 Å². The molecule has 0 spiro atoms. The molecule has 1 aromatic carbocycles. The first-order valence-electron chi connectivity index (χ1n) is 13.8. The molecule has 2 rings (SSSR count). The van der Waals surface area contributed by atoms with Crippen LogP contribution in [0.2, 0.25) is 5.02 Å². The molecule has 0 aliphatic rings. The van der Waals surface area contributed by atoms with Crippen molar-refractivity contribution < 1.29 is 9.13 Å². The number of anilines is 1. The van der Waals surface area contributed by atoms with Crippen LogP contribution in [-0.2, 0) is 12.8 Å². The van der Waals surface area contributed by atoms with Gasteiger partial charge in [0.1, 0.15) is 12.0 Å². The Morgan fingerprint density at radius 2 is 1.72 bits per heavy atom. The fraction of sp³-hybridized carbons (Fsp3) is 0.667. The van der Waals surface area contributed by atoms with Crippen molar-refractivity contribution >= 4 is 17.4 Å². The van der Waals surface area contributed by atoms with E-state index in [1.807, 2.05) is 44.1 Å². The van der Waals surface area contributed by atoms with E-state index in [0.29, 0.717) is 19.0 Å². The average Bonchev–Trinajstić information content (AvgIpc) is 2.86. The summed E-state index contributed by atoms with van der Waals surface area (Å²) in [5, 5.41) is 0.804. The third-order valence-corrected chi connectivity index (χ3v) is 7.71. The Morgan fingerprint density at radius 1 is 1.00 bits per heavy atom. The van der Waals surface area contributed by atoms with Gasteiger partial charge in [0.25, 0.3) is 0 Å². The van der Waals surface area contributed by atoms with E-state index in [2.05, 4.69) is 33.8 Å². The highest BCUT2D eigenvalue weighted by molar-refractivity contribution is 6.31. The number of aryl methyl sites for hydroxylation is 1. The second kappa shape index (κ2) is 14.8. The standard InChI is InChI=1S/C30H47ClFN3O/c1-8-14-24-27(22(5)18-19-23-16-12-13-17-25(23)31)33-29(34-28(24)35(6)7)36-21-30(11-4,20-10-3)26(32)15-9-2/h12-13,16-17,22,26H,8-11,14-15,18-21H2,1-7H3. The Bertz CT molecular complexity index is 938. The highest BCUT2D eigenvalue weighted by Crippen LogP contribution is 2.38. The highest BCUT2D eigenvalue weighted by Gasteiger charge is 2.38. The Balaban J connectivity index is 2.39. The summed E-state index contributed by atoms with van der Waals surface area (Å²) in [4.78, 5) is 11.8. The Hall–Kier alpha value is -1.88. The minimum absolute atomic E-state index is 0.201. The van der Waals surface area contributed by atoms with Crippen LogP contribution in [0.4, 0.5) is 10.2 Å². The summed E-state index contributed by atoms with van der Waals surface area (Å²) in [6, 6.07) is 8.38. The van der Waals surface area contributed by atoms with Gasteiger partial charge in [-0.15, -0.1) is 0 Å². The number of halogens is 2. The van der Waals surface area contributed by atoms with E-state index in [1.165, 1.54) is 5.56 Å². The van der Waals surface area contributed by atoms with Crippen molar-refractivity contribution in [3.63, 3.8) is 0 Å². The smallest absolute Gasteiger partial charge is 0.318 e. The second-order valence-electron chi connectivity index (χ2n) is 10.4. The molecule has 202 valence electrons. The Kier molecular flexibility index (Phi) is 12.4. The van der Waals surface area contributed by atoms with Crippen LogP contribution in [0.3, 0.4) is 0 Å². The minimum atomic E-state index is -0.894. The number of ether oxygens (including phenoxy) is 1. The molecular formula is C30H47ClFN3O. The molecule has 0 radical (unpaired) electrons. The summed E-state index contributed by atoms with van der Waals surface area (Å²) < 4.78 is 21.6. The largest absolute Gasteiger partial charge is 0.463 e. The summed E-state index contributed by atoms with van der Waals surface area (Å²) in [6.07, 6.45) is 6.63. The summed E-state index contributed by atoms with van der Waals surface area (Å²) in [5.74, 6) is 1.09. The van der Waals surface area contributed by atoms with Crippen LogP contribution in [0.15, 0.2) is 24.3 Å². The average molecular weight is 520 g/mol. The first-order chi connectivity index (χ1) is 17.2. The van der Waals surface area contributed by atoms with Gasteiger partial charge in [-0.2, -0.15) is 9.97 Å². The van der Waals surface area contributed by atoms with Crippen LogP contribution in [0.5, 0.6) is 6.01 Å². The van der Waals surface area contributed by atoms with Crippen LogP contribution in [0.1, 0.15) is 102 Å². The maximum absolute atomic E-state index is 15.3. The lowest BCUT2D eigenvalue weighted by Gasteiger charge is -2.35. The summed E-state index contributed by atoms with van der Waals surface area (Å²) >= 11 is 6.42. The van der Waals surface area contributed by atoms with E-state index in [4.69, 9.17) is 26.3 Å². The van der Waals surface area contributed by atoms with Gasteiger partial charge in [0.05, 0.1) is 12.3 Å². The fourth-order valence-corrected chi connectivity index (χ4v) is 5.33. The highest BCUT2D eigenvalue weighted by atomic mass is 35.5. The second-order valence-corrected chi connectivity index (χ2v) is 10.8. The van der Waals surface area contributed by atoms with Crippen molar-refractivity contribution in [2.75, 3.05) is 25.6 Å². The molecule has 0 bridgehead atoms. The zero-order valence-electron chi connectivity index (χ0n) is 23.5. The molecule has 0 aliphatic heterocycles. The molecular weight excluding hydrogens is 473 g/mol. The van der Waals surface area contributed by atoms with Gasteiger partial charge >= 0.3 is 6.01 Å². The predicted molar refractivity (Wildman–Crippen MR) is 151 cm³/mol. The van der Waals surface area contributed by atoms with Gasteiger partial charge in [-0.25, -0.2) is 4.39 Å². The lowest BCUT2D eigenvalue weighted by Crippen LogP contribution is -2.38. The third kappa shape index (κ3) is 7.81. The van der Waals surface area contributed by atoms with Gasteiger partial charge in [0.15, 0.2) is 0 Å². The molecule has 0 fully saturated rings. The summed E-state index contributed by atoms with van der Waals surface area (Å²) in [7, 11) is 4.02. The topological polar surface area (TPSA) is 38.3 Å². The van der Waals surface area contributed by atoms with Gasteiger partial charge in [-0.05, 0) is 56.1 Å². The van der Waals surface area contributed by atoms with Crippen molar-refractivity contribution in [3.05, 3.63) is 46.1 Å². The van der Waals surface area contributed by atoms with E-state index in [0.717, 1.165) is 73.5 Å². The molecule has 0 amide bonds. The van der Waals surface area contributed by atoms with E-state index >= 15 is 4.39 Å². The van der Waals surface area contributed by atoms with E-state index < -0.39 is 11.6 Å². The molecule has 3 atom stereocenters. The van der Waals surface area contributed by atoms with Gasteiger partial charge in [-0.1, -0.05) is 83.7 Å². The normalized spacial score (nSPS) is 14.8. The number of hydrogen-bond acceptors (Lipinski definition) is 4. The van der Waals surface area contributed by atoms with Crippen molar-refractivity contribution in [2.45, 2.75) is 104 Å². The van der Waals surface area contributed by atoms with Crippen LogP contribution >= 0.6 is 11.6 Å². The predicted octanol–water partition coefficient (Wildman–Crippen LogP) is 8.60. The fourth-order valence-electron chi connectivity index (χ4n) is 5.10. The molecule has 6 heteroatoms. The van der Waals surface area contributed by atoms with Crippen LogP contribution in [0.25, 0.3) is 0 Å². The number of hydrogen-bond donors (Lipinski definition) is 0. The van der Waals surface area contributed by atoms with Crippen LogP contribution in [-0.4, -0.2) is 36.8 Å². The number of rotatable bonds is 16. The maximum atomic E-state index is 15.3. The molecule has 0 N–H and O–H groups in total. The molecule has 1 heterocycles. The number of alkyl halides is 1. The monoisotopic (exact) mass is 519 g/mol. The lowest BCUT2D eigenvalue weighted by molar-refractivity contribution is 0.0246. The SMILES string of the molecule is CCCc1c(C(C)CCc2ccccc2Cl)nc(OCC(CC)(CCC)C(F)CCC)nc1N(C)C. The third-order valence-electron chi connectivity index (χ3n) is 7.34. The molecule has 4 nitrogen and oxygen atoms in total. The molecule has 2 aromatic rings. The molecule has 3 unspecified atom stereocenters. The van der Waals surface area contributed by atoms with Crippen LogP contribution < -0.4 is 9.64 Å². The zero-order chi connectivity index (χ0) is 26.7. The van der Waals surface area contributed by atoms with E-state index in [-0.39, 0.29) is 5.92 Å². The lowest BCUT2D eigenvalue weighted by atomic mass is 9.76. The van der Waals surface area contributed by atoms with Gasteiger partial charge < -0.3 is 9.64 Å².